The molecule has 1 aliphatic rings. The van der Waals surface area contributed by atoms with Crippen LogP contribution in [0.4, 0.5) is 0 Å². The van der Waals surface area contributed by atoms with Crippen molar-refractivity contribution in [2.75, 3.05) is 6.61 Å². The van der Waals surface area contributed by atoms with Gasteiger partial charge in [-0.1, -0.05) is 33.6 Å². The molecule has 3 nitrogen and oxygen atoms in total. The van der Waals surface area contributed by atoms with Gasteiger partial charge in [0.2, 0.25) is 0 Å². The van der Waals surface area contributed by atoms with E-state index in [0.717, 1.165) is 32.3 Å². The van der Waals surface area contributed by atoms with Gasteiger partial charge in [-0.3, -0.25) is 0 Å². The third-order valence-electron chi connectivity index (χ3n) is 3.47. The second kappa shape index (κ2) is 8.06. The molecule has 0 aliphatic carbocycles. The molecule has 1 N–H and O–H groups in total. The van der Waals surface area contributed by atoms with Crippen LogP contribution in [0.15, 0.2) is 0 Å². The van der Waals surface area contributed by atoms with Crippen molar-refractivity contribution in [2.24, 2.45) is 11.8 Å². The summed E-state index contributed by atoms with van der Waals surface area (Å²) in [5.41, 5.74) is 0. The van der Waals surface area contributed by atoms with Crippen molar-refractivity contribution in [1.29, 1.82) is 0 Å². The van der Waals surface area contributed by atoms with E-state index >= 15 is 0 Å². The Morgan fingerprint density at radius 2 is 2.12 bits per heavy atom. The molecule has 1 saturated heterocycles. The van der Waals surface area contributed by atoms with Gasteiger partial charge in [0, 0.05) is 12.5 Å². The Labute approximate surface area is 105 Å². The maximum Gasteiger partial charge on any atom is 0.160 e. The molecule has 0 aromatic carbocycles. The van der Waals surface area contributed by atoms with Gasteiger partial charge in [-0.2, -0.15) is 0 Å². The highest BCUT2D eigenvalue weighted by atomic mass is 16.7. The Bertz CT molecular complexity index is 190. The number of rotatable bonds is 7. The molecule has 1 rings (SSSR count). The Hall–Kier alpha value is -0.120. The van der Waals surface area contributed by atoms with E-state index in [-0.39, 0.29) is 12.2 Å². The zero-order chi connectivity index (χ0) is 12.7. The number of ether oxygens (including phenoxy) is 2. The maximum atomic E-state index is 9.98. The fourth-order valence-electron chi connectivity index (χ4n) is 2.47. The monoisotopic (exact) mass is 244 g/mol. The third-order valence-corrected chi connectivity index (χ3v) is 3.47. The molecule has 1 heterocycles. The molecule has 0 aromatic heterocycles. The van der Waals surface area contributed by atoms with E-state index in [1.807, 2.05) is 0 Å². The van der Waals surface area contributed by atoms with E-state index < -0.39 is 6.29 Å². The highest BCUT2D eigenvalue weighted by Gasteiger charge is 2.23. The highest BCUT2D eigenvalue weighted by molar-refractivity contribution is 4.63. The molecule has 2 unspecified atom stereocenters. The van der Waals surface area contributed by atoms with Gasteiger partial charge in [-0.05, 0) is 31.6 Å². The molecule has 0 amide bonds. The lowest BCUT2D eigenvalue weighted by molar-refractivity contribution is -0.255. The fraction of sp³-hybridized carbons (Fsp3) is 1.00. The van der Waals surface area contributed by atoms with Crippen LogP contribution in [0.3, 0.4) is 0 Å². The Morgan fingerprint density at radius 1 is 1.35 bits per heavy atom. The first-order valence-electron chi connectivity index (χ1n) is 7.08. The number of hydrogen-bond acceptors (Lipinski definition) is 3. The van der Waals surface area contributed by atoms with Gasteiger partial charge in [0.25, 0.3) is 0 Å². The second-order valence-corrected chi connectivity index (χ2v) is 5.43. The van der Waals surface area contributed by atoms with Crippen LogP contribution < -0.4 is 0 Å². The fourth-order valence-corrected chi connectivity index (χ4v) is 2.47. The minimum Gasteiger partial charge on any atom is -0.368 e. The molecule has 0 aromatic rings. The lowest BCUT2D eigenvalue weighted by atomic mass is 9.93. The van der Waals surface area contributed by atoms with Crippen LogP contribution in [-0.4, -0.2) is 24.3 Å². The van der Waals surface area contributed by atoms with E-state index in [9.17, 15) is 5.11 Å². The maximum absolute atomic E-state index is 9.98. The molecule has 1 aliphatic heterocycles. The summed E-state index contributed by atoms with van der Waals surface area (Å²) in [4.78, 5) is 0. The van der Waals surface area contributed by atoms with E-state index in [0.29, 0.717) is 5.92 Å². The van der Waals surface area contributed by atoms with Gasteiger partial charge in [0.05, 0.1) is 0 Å². The summed E-state index contributed by atoms with van der Waals surface area (Å²) in [6.07, 6.45) is 5.72. The van der Waals surface area contributed by atoms with Gasteiger partial charge in [-0.15, -0.1) is 0 Å². The summed E-state index contributed by atoms with van der Waals surface area (Å²) < 4.78 is 11.0. The smallest absolute Gasteiger partial charge is 0.160 e. The largest absolute Gasteiger partial charge is 0.368 e. The van der Waals surface area contributed by atoms with Crippen molar-refractivity contribution in [1.82, 2.24) is 0 Å². The molecule has 1 fully saturated rings. The summed E-state index contributed by atoms with van der Waals surface area (Å²) >= 11 is 0. The molecule has 0 spiro atoms. The van der Waals surface area contributed by atoms with E-state index in [4.69, 9.17) is 9.47 Å². The minimum absolute atomic E-state index is 0.182. The van der Waals surface area contributed by atoms with Gasteiger partial charge in [0.15, 0.2) is 12.6 Å². The molecule has 3 heteroatoms. The molecular formula is C14H28O3. The Kier molecular flexibility index (Phi) is 7.09. The molecule has 102 valence electrons. The van der Waals surface area contributed by atoms with E-state index in [1.165, 1.54) is 12.8 Å². The van der Waals surface area contributed by atoms with Crippen LogP contribution in [0.1, 0.15) is 59.3 Å². The zero-order valence-electron chi connectivity index (χ0n) is 11.5. The molecule has 17 heavy (non-hydrogen) atoms. The standard InChI is InChI=1S/C14H28O3/c1-4-7-11(2)10-12(3)14(15)17-13-8-5-6-9-16-13/h11-15H,4-10H2,1-3H3/t11-,12-,13?,14?/m1/s1. The summed E-state index contributed by atoms with van der Waals surface area (Å²) in [6.45, 7) is 7.26. The van der Waals surface area contributed by atoms with Crippen molar-refractivity contribution >= 4 is 0 Å². The van der Waals surface area contributed by atoms with Crippen molar-refractivity contribution in [3.63, 3.8) is 0 Å². The Morgan fingerprint density at radius 3 is 2.71 bits per heavy atom. The highest BCUT2D eigenvalue weighted by Crippen LogP contribution is 2.23. The molecular weight excluding hydrogens is 216 g/mol. The van der Waals surface area contributed by atoms with Crippen molar-refractivity contribution < 1.29 is 14.6 Å². The summed E-state index contributed by atoms with van der Waals surface area (Å²) in [5.74, 6) is 0.836. The first kappa shape index (κ1) is 14.9. The van der Waals surface area contributed by atoms with Gasteiger partial charge in [0.1, 0.15) is 0 Å². The minimum atomic E-state index is -0.683. The Balaban J connectivity index is 2.22. The number of hydrogen-bond donors (Lipinski definition) is 1. The number of aliphatic hydroxyl groups excluding tert-OH is 1. The molecule has 4 atom stereocenters. The third kappa shape index (κ3) is 5.84. The summed E-state index contributed by atoms with van der Waals surface area (Å²) in [6, 6.07) is 0. The van der Waals surface area contributed by atoms with Crippen LogP contribution >= 0.6 is 0 Å². The first-order chi connectivity index (χ1) is 8.13. The summed E-state index contributed by atoms with van der Waals surface area (Å²) in [5, 5.41) is 9.98. The van der Waals surface area contributed by atoms with Crippen molar-refractivity contribution in [3.05, 3.63) is 0 Å². The zero-order valence-corrected chi connectivity index (χ0v) is 11.5. The van der Waals surface area contributed by atoms with E-state index in [1.54, 1.807) is 0 Å². The first-order valence-corrected chi connectivity index (χ1v) is 7.08. The predicted molar refractivity (Wildman–Crippen MR) is 68.5 cm³/mol. The number of aliphatic hydroxyl groups is 1. The van der Waals surface area contributed by atoms with Crippen LogP contribution in [0.5, 0.6) is 0 Å². The van der Waals surface area contributed by atoms with Crippen LogP contribution in [0, 0.1) is 11.8 Å². The second-order valence-electron chi connectivity index (χ2n) is 5.43. The predicted octanol–water partition coefficient (Wildman–Crippen LogP) is 3.31. The normalized spacial score (nSPS) is 26.5. The summed E-state index contributed by atoms with van der Waals surface area (Å²) in [7, 11) is 0. The van der Waals surface area contributed by atoms with Crippen LogP contribution in [0.25, 0.3) is 0 Å². The van der Waals surface area contributed by atoms with Gasteiger partial charge < -0.3 is 14.6 Å². The average molecular weight is 244 g/mol. The lowest BCUT2D eigenvalue weighted by Gasteiger charge is -2.28. The lowest BCUT2D eigenvalue weighted by Crippen LogP contribution is -2.32. The van der Waals surface area contributed by atoms with Crippen LogP contribution in [0.2, 0.25) is 0 Å². The SMILES string of the molecule is CCC[C@@H](C)C[C@@H](C)C(O)OC1CCCCO1. The quantitative estimate of drug-likeness (QED) is 0.698. The van der Waals surface area contributed by atoms with Gasteiger partial charge in [-0.25, -0.2) is 0 Å². The molecule has 0 bridgehead atoms. The topological polar surface area (TPSA) is 38.7 Å². The van der Waals surface area contributed by atoms with Crippen molar-refractivity contribution in [3.8, 4) is 0 Å². The average Bonchev–Trinajstić information content (AvgIpc) is 2.30. The van der Waals surface area contributed by atoms with E-state index in [2.05, 4.69) is 20.8 Å². The molecule has 0 radical (unpaired) electrons. The van der Waals surface area contributed by atoms with Gasteiger partial charge >= 0.3 is 0 Å². The van der Waals surface area contributed by atoms with Crippen LogP contribution in [-0.2, 0) is 9.47 Å². The van der Waals surface area contributed by atoms with Crippen molar-refractivity contribution in [2.45, 2.75) is 71.9 Å². The molecule has 0 saturated carbocycles.